The van der Waals surface area contributed by atoms with Crippen molar-refractivity contribution in [2.45, 2.75) is 0 Å². The number of rotatable bonds is 1. The van der Waals surface area contributed by atoms with Gasteiger partial charge in [0.25, 0.3) is 0 Å². The fourth-order valence-corrected chi connectivity index (χ4v) is 0.901. The van der Waals surface area contributed by atoms with Crippen molar-refractivity contribution < 1.29 is 5.48 Å². The van der Waals surface area contributed by atoms with Crippen LogP contribution in [0.1, 0.15) is 5.48 Å². The molecule has 0 radical (unpaired) electrons. The van der Waals surface area contributed by atoms with E-state index in [1.807, 2.05) is 0 Å². The molecule has 0 amide bonds. The lowest BCUT2D eigenvalue weighted by Gasteiger charge is -1.98. The summed E-state index contributed by atoms with van der Waals surface area (Å²) in [6, 6.07) is 0. The summed E-state index contributed by atoms with van der Waals surface area (Å²) in [7, 11) is 0. The van der Waals surface area contributed by atoms with Gasteiger partial charge in [-0.25, -0.2) is 19.9 Å². The second-order valence-corrected chi connectivity index (χ2v) is 2.86. The molecule has 2 heterocycles. The third kappa shape index (κ3) is 1.97. The van der Waals surface area contributed by atoms with Crippen molar-refractivity contribution >= 4 is 23.2 Å². The first-order valence-corrected chi connectivity index (χ1v) is 4.17. The Bertz CT molecular complexity index is 535. The highest BCUT2D eigenvalue weighted by Gasteiger charge is 2.00. The van der Waals surface area contributed by atoms with Crippen molar-refractivity contribution in [1.29, 1.82) is 0 Å². The molecular weight excluding hydrogens is 223 g/mol. The Labute approximate surface area is 95.6 Å². The first kappa shape index (κ1) is 5.58. The van der Waals surface area contributed by atoms with Gasteiger partial charge in [-0.05, 0) is 23.2 Å². The SMILES string of the molecule is [2H]c1nc(Cl)nc([2H])c1-c1c([2H])nc(Cl)nc1[2H]. The second-order valence-electron chi connectivity index (χ2n) is 2.18. The summed E-state index contributed by atoms with van der Waals surface area (Å²) < 4.78 is 30.5. The first-order valence-electron chi connectivity index (χ1n) is 5.42. The highest BCUT2D eigenvalue weighted by atomic mass is 35.5. The van der Waals surface area contributed by atoms with Crippen molar-refractivity contribution in [2.24, 2.45) is 0 Å². The van der Waals surface area contributed by atoms with Crippen LogP contribution >= 0.6 is 23.2 Å². The molecule has 6 heteroatoms. The van der Waals surface area contributed by atoms with Crippen LogP contribution in [0.5, 0.6) is 0 Å². The Morgan fingerprint density at radius 2 is 1.07 bits per heavy atom. The smallest absolute Gasteiger partial charge is 0.222 e. The highest BCUT2D eigenvalue weighted by Crippen LogP contribution is 2.16. The predicted octanol–water partition coefficient (Wildman–Crippen LogP) is 2.24. The quantitative estimate of drug-likeness (QED) is 0.706. The molecule has 0 aliphatic rings. The first-order chi connectivity index (χ1) is 8.40. The topological polar surface area (TPSA) is 51.6 Å². The molecule has 0 spiro atoms. The largest absolute Gasteiger partial charge is 0.226 e. The van der Waals surface area contributed by atoms with Crippen molar-refractivity contribution in [3.8, 4) is 11.1 Å². The minimum Gasteiger partial charge on any atom is -0.226 e. The van der Waals surface area contributed by atoms with Gasteiger partial charge in [-0.2, -0.15) is 0 Å². The van der Waals surface area contributed by atoms with Gasteiger partial charge in [0.2, 0.25) is 10.6 Å². The van der Waals surface area contributed by atoms with E-state index < -0.39 is 0 Å². The second kappa shape index (κ2) is 3.86. The van der Waals surface area contributed by atoms with Crippen LogP contribution in [0.4, 0.5) is 0 Å². The maximum absolute atomic E-state index is 7.63. The van der Waals surface area contributed by atoms with E-state index in [4.69, 9.17) is 28.7 Å². The zero-order chi connectivity index (χ0) is 13.4. The number of halogens is 2. The van der Waals surface area contributed by atoms with Gasteiger partial charge in [0.15, 0.2) is 0 Å². The lowest BCUT2D eigenvalue weighted by atomic mass is 10.2. The summed E-state index contributed by atoms with van der Waals surface area (Å²) in [6.45, 7) is 0. The summed E-state index contributed by atoms with van der Waals surface area (Å²) in [4.78, 5) is 14.2. The van der Waals surface area contributed by atoms with E-state index >= 15 is 0 Å². The van der Waals surface area contributed by atoms with Crippen LogP contribution in [0.2, 0.25) is 10.6 Å². The zero-order valence-electron chi connectivity index (χ0n) is 10.5. The van der Waals surface area contributed by atoms with E-state index in [9.17, 15) is 0 Å². The third-order valence-electron chi connectivity index (χ3n) is 1.29. The summed E-state index contributed by atoms with van der Waals surface area (Å²) in [6.07, 6.45) is -1.47. The highest BCUT2D eigenvalue weighted by molar-refractivity contribution is 6.28. The molecule has 0 aliphatic carbocycles. The van der Waals surface area contributed by atoms with Crippen LogP contribution in [0, 0.1) is 0 Å². The number of hydrogen-bond acceptors (Lipinski definition) is 4. The van der Waals surface area contributed by atoms with E-state index in [0.29, 0.717) is 0 Å². The molecule has 0 aromatic carbocycles. The minimum absolute atomic E-state index is 0.119. The molecule has 0 unspecified atom stereocenters. The summed E-state index contributed by atoms with van der Waals surface area (Å²) in [5.74, 6) is 0. The molecule has 2 aromatic rings. The Balaban J connectivity index is 2.78. The van der Waals surface area contributed by atoms with Gasteiger partial charge in [-0.3, -0.25) is 0 Å². The molecule has 0 saturated carbocycles. The van der Waals surface area contributed by atoms with Crippen molar-refractivity contribution in [2.75, 3.05) is 0 Å². The lowest BCUT2D eigenvalue weighted by Crippen LogP contribution is -1.87. The molecule has 14 heavy (non-hydrogen) atoms. The zero-order valence-corrected chi connectivity index (χ0v) is 8.06. The van der Waals surface area contributed by atoms with Gasteiger partial charge < -0.3 is 0 Å². The van der Waals surface area contributed by atoms with Gasteiger partial charge in [-0.1, -0.05) is 0 Å². The minimum atomic E-state index is -0.368. The maximum Gasteiger partial charge on any atom is 0.222 e. The normalized spacial score (nSPS) is 14.1. The Morgan fingerprint density at radius 1 is 0.786 bits per heavy atom. The number of nitrogens with zero attached hydrogens (tertiary/aromatic N) is 4. The molecule has 0 atom stereocenters. The van der Waals surface area contributed by atoms with Gasteiger partial charge >= 0.3 is 0 Å². The van der Waals surface area contributed by atoms with E-state index in [1.165, 1.54) is 0 Å². The van der Waals surface area contributed by atoms with E-state index in [0.717, 1.165) is 0 Å². The van der Waals surface area contributed by atoms with E-state index in [2.05, 4.69) is 19.9 Å². The maximum atomic E-state index is 7.63. The molecular formula is C8H4Cl2N4. The average Bonchev–Trinajstić information content (AvgIpc) is 2.20. The fraction of sp³-hybridized carbons (Fsp3) is 0. The Morgan fingerprint density at radius 3 is 1.36 bits per heavy atom. The van der Waals surface area contributed by atoms with Crippen LogP contribution in [-0.4, -0.2) is 19.9 Å². The standard InChI is InChI=1S/C8H4Cl2N4/c9-7-11-1-5(2-12-7)6-3-13-8(10)14-4-6/h1-4H/i1D,2D,3D,4D. The van der Waals surface area contributed by atoms with E-state index in [-0.39, 0.29) is 46.4 Å². The fourth-order valence-electron chi connectivity index (χ4n) is 0.732. The van der Waals surface area contributed by atoms with Crippen LogP contribution in [-0.2, 0) is 0 Å². The van der Waals surface area contributed by atoms with Crippen molar-refractivity contribution in [1.82, 2.24) is 19.9 Å². The molecule has 0 saturated heterocycles. The molecule has 0 fully saturated rings. The van der Waals surface area contributed by atoms with Crippen LogP contribution in [0.15, 0.2) is 24.7 Å². The van der Waals surface area contributed by atoms with Crippen LogP contribution in [0.25, 0.3) is 11.1 Å². The van der Waals surface area contributed by atoms with E-state index in [1.54, 1.807) is 0 Å². The molecule has 0 bridgehead atoms. The molecule has 0 aliphatic heterocycles. The molecule has 4 nitrogen and oxygen atoms in total. The number of hydrogen-bond donors (Lipinski definition) is 0. The Hall–Kier alpha value is -1.26. The summed E-state index contributed by atoms with van der Waals surface area (Å²) >= 11 is 11.0. The molecule has 2 rings (SSSR count). The molecule has 70 valence electrons. The summed E-state index contributed by atoms with van der Waals surface area (Å²) in [5.41, 5.74) is -0.239. The average molecular weight is 231 g/mol. The molecule has 2 aromatic heterocycles. The van der Waals surface area contributed by atoms with Gasteiger partial charge in [-0.15, -0.1) is 0 Å². The van der Waals surface area contributed by atoms with Gasteiger partial charge in [0.1, 0.15) is 0 Å². The van der Waals surface area contributed by atoms with Gasteiger partial charge in [0.05, 0.1) is 5.48 Å². The lowest BCUT2D eigenvalue weighted by molar-refractivity contribution is 1.14. The van der Waals surface area contributed by atoms with Crippen molar-refractivity contribution in [3.05, 3.63) is 35.3 Å². The van der Waals surface area contributed by atoms with Crippen LogP contribution < -0.4 is 0 Å². The Kier molecular flexibility index (Phi) is 1.54. The van der Waals surface area contributed by atoms with Crippen molar-refractivity contribution in [3.63, 3.8) is 0 Å². The third-order valence-corrected chi connectivity index (χ3v) is 1.63. The summed E-state index contributed by atoms with van der Waals surface area (Å²) in [5, 5.41) is -0.497. The number of aromatic nitrogens is 4. The van der Waals surface area contributed by atoms with Crippen LogP contribution in [0.3, 0.4) is 0 Å². The van der Waals surface area contributed by atoms with Gasteiger partial charge in [0, 0.05) is 35.8 Å². The monoisotopic (exact) mass is 230 g/mol. The predicted molar refractivity (Wildman–Crippen MR) is 53.1 cm³/mol. The molecule has 0 N–H and O–H groups in total.